The number of benzene rings is 1. The number of anilines is 1. The second kappa shape index (κ2) is 8.62. The normalized spacial score (nSPS) is 11.0. The fourth-order valence-corrected chi connectivity index (χ4v) is 2.04. The number of carbonyl (C=O) groups is 2. The van der Waals surface area contributed by atoms with Crippen LogP contribution in [-0.2, 0) is 11.3 Å². The van der Waals surface area contributed by atoms with Crippen molar-refractivity contribution in [2.45, 2.75) is 26.8 Å². The van der Waals surface area contributed by atoms with Gasteiger partial charge in [-0.05, 0) is 43.2 Å². The molecule has 0 saturated carbocycles. The highest BCUT2D eigenvalue weighted by Gasteiger charge is 2.05. The Balaban J connectivity index is 1.95. The van der Waals surface area contributed by atoms with Crippen LogP contribution in [-0.4, -0.2) is 16.8 Å². The molecule has 124 valence electrons. The molecule has 0 unspecified atom stereocenters. The van der Waals surface area contributed by atoms with Gasteiger partial charge < -0.3 is 10.6 Å². The molecule has 0 radical (unpaired) electrons. The Morgan fingerprint density at radius 3 is 2.75 bits per heavy atom. The van der Waals surface area contributed by atoms with Crippen molar-refractivity contribution in [2.75, 3.05) is 5.32 Å². The van der Waals surface area contributed by atoms with Gasteiger partial charge in [-0.15, -0.1) is 0 Å². The van der Waals surface area contributed by atoms with E-state index in [1.807, 2.05) is 38.1 Å². The van der Waals surface area contributed by atoms with E-state index in [1.54, 1.807) is 24.4 Å². The van der Waals surface area contributed by atoms with Crippen molar-refractivity contribution < 1.29 is 9.59 Å². The Kier molecular flexibility index (Phi) is 6.25. The van der Waals surface area contributed by atoms with Crippen LogP contribution in [0.15, 0.2) is 60.4 Å². The number of nitrogens with one attached hydrogen (secondary N) is 2. The van der Waals surface area contributed by atoms with Gasteiger partial charge in [-0.1, -0.05) is 24.6 Å². The standard InChI is InChI=1S/C19H21N3O2/c1-3-14(2)10-18(23)22-17-8-4-6-15(11-17)12-21-19(24)16-7-5-9-20-13-16/h4-11,13H,3,12H2,1-2H3,(H,21,24)(H,22,23)/b14-10+. The molecule has 24 heavy (non-hydrogen) atoms. The molecular formula is C19H21N3O2. The van der Waals surface area contributed by atoms with Crippen molar-refractivity contribution >= 4 is 17.5 Å². The summed E-state index contributed by atoms with van der Waals surface area (Å²) >= 11 is 0. The zero-order chi connectivity index (χ0) is 17.4. The molecule has 1 heterocycles. The topological polar surface area (TPSA) is 71.1 Å². The molecule has 1 aromatic carbocycles. The summed E-state index contributed by atoms with van der Waals surface area (Å²) in [6, 6.07) is 10.8. The first kappa shape index (κ1) is 17.4. The van der Waals surface area contributed by atoms with Crippen LogP contribution in [0.5, 0.6) is 0 Å². The van der Waals surface area contributed by atoms with E-state index in [9.17, 15) is 9.59 Å². The average Bonchev–Trinajstić information content (AvgIpc) is 2.60. The highest BCUT2D eigenvalue weighted by atomic mass is 16.2. The Morgan fingerprint density at radius 1 is 1.21 bits per heavy atom. The van der Waals surface area contributed by atoms with Crippen molar-refractivity contribution in [1.82, 2.24) is 10.3 Å². The molecule has 0 fully saturated rings. The largest absolute Gasteiger partial charge is 0.348 e. The van der Waals surface area contributed by atoms with Crippen molar-refractivity contribution in [3.8, 4) is 0 Å². The molecule has 0 saturated heterocycles. The van der Waals surface area contributed by atoms with Gasteiger partial charge in [-0.2, -0.15) is 0 Å². The summed E-state index contributed by atoms with van der Waals surface area (Å²) < 4.78 is 0. The van der Waals surface area contributed by atoms with Crippen molar-refractivity contribution in [1.29, 1.82) is 0 Å². The van der Waals surface area contributed by atoms with Gasteiger partial charge in [-0.3, -0.25) is 14.6 Å². The summed E-state index contributed by atoms with van der Waals surface area (Å²) in [5.74, 6) is -0.329. The Hall–Kier alpha value is -2.95. The maximum Gasteiger partial charge on any atom is 0.253 e. The second-order valence-electron chi connectivity index (χ2n) is 5.46. The number of aromatic nitrogens is 1. The van der Waals surface area contributed by atoms with Gasteiger partial charge in [0.05, 0.1) is 5.56 Å². The van der Waals surface area contributed by atoms with Crippen LogP contribution < -0.4 is 10.6 Å². The minimum absolute atomic E-state index is 0.147. The molecule has 0 bridgehead atoms. The van der Waals surface area contributed by atoms with Crippen LogP contribution >= 0.6 is 0 Å². The SMILES string of the molecule is CC/C(C)=C/C(=O)Nc1cccc(CNC(=O)c2cccnc2)c1. The fourth-order valence-electron chi connectivity index (χ4n) is 2.04. The zero-order valence-electron chi connectivity index (χ0n) is 13.9. The minimum Gasteiger partial charge on any atom is -0.348 e. The lowest BCUT2D eigenvalue weighted by atomic mass is 10.2. The third-order valence-electron chi connectivity index (χ3n) is 3.51. The lowest BCUT2D eigenvalue weighted by Gasteiger charge is -2.08. The smallest absolute Gasteiger partial charge is 0.253 e. The molecule has 0 atom stereocenters. The molecule has 2 aromatic rings. The third-order valence-corrected chi connectivity index (χ3v) is 3.51. The van der Waals surface area contributed by atoms with E-state index >= 15 is 0 Å². The van der Waals surface area contributed by atoms with Crippen LogP contribution in [0.3, 0.4) is 0 Å². The van der Waals surface area contributed by atoms with Gasteiger partial charge in [0.1, 0.15) is 0 Å². The maximum atomic E-state index is 12.0. The minimum atomic E-state index is -0.181. The summed E-state index contributed by atoms with van der Waals surface area (Å²) in [5.41, 5.74) is 3.14. The number of carbonyl (C=O) groups excluding carboxylic acids is 2. The van der Waals surface area contributed by atoms with Crippen LogP contribution in [0.2, 0.25) is 0 Å². The van der Waals surface area contributed by atoms with E-state index in [2.05, 4.69) is 15.6 Å². The lowest BCUT2D eigenvalue weighted by molar-refractivity contribution is -0.112. The number of amides is 2. The van der Waals surface area contributed by atoms with Gasteiger partial charge in [0, 0.05) is 30.7 Å². The molecule has 5 heteroatoms. The summed E-state index contributed by atoms with van der Waals surface area (Å²) in [5, 5.41) is 5.66. The molecular weight excluding hydrogens is 302 g/mol. The first-order valence-corrected chi connectivity index (χ1v) is 7.84. The van der Waals surface area contributed by atoms with Crippen LogP contribution in [0, 0.1) is 0 Å². The van der Waals surface area contributed by atoms with Crippen LogP contribution in [0.25, 0.3) is 0 Å². The van der Waals surface area contributed by atoms with Crippen molar-refractivity contribution in [3.63, 3.8) is 0 Å². The lowest BCUT2D eigenvalue weighted by Crippen LogP contribution is -2.22. The summed E-state index contributed by atoms with van der Waals surface area (Å²) in [6.45, 7) is 4.30. The van der Waals surface area contributed by atoms with Crippen molar-refractivity contribution in [3.05, 3.63) is 71.6 Å². The van der Waals surface area contributed by atoms with Crippen molar-refractivity contribution in [2.24, 2.45) is 0 Å². The van der Waals surface area contributed by atoms with E-state index in [-0.39, 0.29) is 11.8 Å². The zero-order valence-corrected chi connectivity index (χ0v) is 13.9. The number of allylic oxidation sites excluding steroid dienone is 1. The number of rotatable bonds is 6. The number of hydrogen-bond acceptors (Lipinski definition) is 3. The highest BCUT2D eigenvalue weighted by molar-refractivity contribution is 5.99. The maximum absolute atomic E-state index is 12.0. The first-order valence-electron chi connectivity index (χ1n) is 7.84. The molecule has 0 aliphatic rings. The molecule has 2 N–H and O–H groups in total. The van der Waals surface area contributed by atoms with Gasteiger partial charge in [0.25, 0.3) is 5.91 Å². The predicted octanol–water partition coefficient (Wildman–Crippen LogP) is 3.31. The molecule has 5 nitrogen and oxygen atoms in total. The predicted molar refractivity (Wildman–Crippen MR) is 94.5 cm³/mol. The van der Waals surface area contributed by atoms with E-state index in [4.69, 9.17) is 0 Å². The second-order valence-corrected chi connectivity index (χ2v) is 5.46. The van der Waals surface area contributed by atoms with Gasteiger partial charge in [0.15, 0.2) is 0 Å². The number of pyridine rings is 1. The van der Waals surface area contributed by atoms with Gasteiger partial charge in [-0.25, -0.2) is 0 Å². The summed E-state index contributed by atoms with van der Waals surface area (Å²) in [4.78, 5) is 27.8. The Morgan fingerprint density at radius 2 is 2.04 bits per heavy atom. The molecule has 1 aromatic heterocycles. The molecule has 0 spiro atoms. The van der Waals surface area contributed by atoms with E-state index in [0.29, 0.717) is 17.8 Å². The number of nitrogens with zero attached hydrogens (tertiary/aromatic N) is 1. The molecule has 0 aliphatic heterocycles. The number of hydrogen-bond donors (Lipinski definition) is 2. The van der Waals surface area contributed by atoms with E-state index in [1.165, 1.54) is 6.20 Å². The Labute approximate surface area is 141 Å². The van der Waals surface area contributed by atoms with E-state index < -0.39 is 0 Å². The average molecular weight is 323 g/mol. The monoisotopic (exact) mass is 323 g/mol. The quantitative estimate of drug-likeness (QED) is 0.801. The first-order chi connectivity index (χ1) is 11.6. The summed E-state index contributed by atoms with van der Waals surface area (Å²) in [6.07, 6.45) is 5.58. The summed E-state index contributed by atoms with van der Waals surface area (Å²) in [7, 11) is 0. The molecule has 2 rings (SSSR count). The molecule has 2 amide bonds. The van der Waals surface area contributed by atoms with E-state index in [0.717, 1.165) is 17.6 Å². The van der Waals surface area contributed by atoms with Crippen LogP contribution in [0.1, 0.15) is 36.2 Å². The van der Waals surface area contributed by atoms with Gasteiger partial charge in [0.2, 0.25) is 5.91 Å². The fraction of sp³-hybridized carbons (Fsp3) is 0.211. The third kappa shape index (κ3) is 5.35. The molecule has 0 aliphatic carbocycles. The Bertz CT molecular complexity index is 739. The van der Waals surface area contributed by atoms with Gasteiger partial charge >= 0.3 is 0 Å². The van der Waals surface area contributed by atoms with Crippen LogP contribution in [0.4, 0.5) is 5.69 Å². The highest BCUT2D eigenvalue weighted by Crippen LogP contribution is 2.11.